The van der Waals surface area contributed by atoms with E-state index in [1.54, 1.807) is 28.8 Å². The fraction of sp³-hybridized carbons (Fsp3) is 0.111. The van der Waals surface area contributed by atoms with Gasteiger partial charge in [-0.3, -0.25) is 10.2 Å². The topological polar surface area (TPSA) is 117 Å². The van der Waals surface area contributed by atoms with E-state index in [0.717, 1.165) is 0 Å². The predicted molar refractivity (Wildman–Crippen MR) is 98.0 cm³/mol. The number of carboxylic acid groups (broad SMARTS) is 1. The minimum atomic E-state index is -1.26. The number of phenols is 1. The molecule has 26 heavy (non-hydrogen) atoms. The molecule has 0 atom stereocenters. The highest BCUT2D eigenvalue weighted by Crippen LogP contribution is 2.14. The molecule has 8 nitrogen and oxygen atoms in total. The third-order valence-electron chi connectivity index (χ3n) is 3.77. The lowest BCUT2D eigenvalue weighted by Gasteiger charge is -2.09. The highest BCUT2D eigenvalue weighted by molar-refractivity contribution is 5.92. The predicted octanol–water partition coefficient (Wildman–Crippen LogP) is 2.27. The van der Waals surface area contributed by atoms with E-state index in [9.17, 15) is 14.7 Å². The van der Waals surface area contributed by atoms with Gasteiger partial charge in [-0.25, -0.2) is 9.78 Å². The monoisotopic (exact) mass is 352 g/mol. The van der Waals surface area contributed by atoms with E-state index in [1.165, 1.54) is 24.5 Å². The molecule has 0 aliphatic rings. The largest absolute Gasteiger partial charge is 0.508 e. The van der Waals surface area contributed by atoms with E-state index in [4.69, 9.17) is 5.11 Å². The molecule has 1 aromatic carbocycles. The smallest absolute Gasteiger partial charge is 0.341 e. The number of nitrogens with zero attached hydrogens (tertiary/aromatic N) is 3. The van der Waals surface area contributed by atoms with Crippen LogP contribution in [0.5, 0.6) is 5.75 Å². The number of hydrogen-bond donors (Lipinski definition) is 3. The Bertz CT molecular complexity index is 1060. The first-order chi connectivity index (χ1) is 12.5. The molecule has 0 saturated heterocycles. The number of aromatic hydroxyl groups is 1. The van der Waals surface area contributed by atoms with Gasteiger partial charge in [0.15, 0.2) is 0 Å². The lowest BCUT2D eigenvalue weighted by atomic mass is 10.2. The van der Waals surface area contributed by atoms with Crippen LogP contribution in [0.3, 0.4) is 0 Å². The maximum Gasteiger partial charge on any atom is 0.341 e. The molecule has 3 aromatic rings. The average molecular weight is 352 g/mol. The van der Waals surface area contributed by atoms with Crippen molar-refractivity contribution in [3.05, 3.63) is 64.1 Å². The number of carboxylic acids is 1. The lowest BCUT2D eigenvalue weighted by Crippen LogP contribution is -2.19. The number of hydrazone groups is 1. The van der Waals surface area contributed by atoms with E-state index in [-0.39, 0.29) is 16.7 Å². The van der Waals surface area contributed by atoms with Crippen LogP contribution in [0.1, 0.15) is 23.0 Å². The lowest BCUT2D eigenvalue weighted by molar-refractivity contribution is 0.0695. The molecule has 0 unspecified atom stereocenters. The van der Waals surface area contributed by atoms with Crippen molar-refractivity contribution in [1.82, 2.24) is 9.55 Å². The molecule has 3 N–H and O–H groups in total. The number of phenolic OH excluding ortho intramolecular Hbond substituents is 1. The zero-order valence-electron chi connectivity index (χ0n) is 13.9. The van der Waals surface area contributed by atoms with Crippen molar-refractivity contribution in [3.8, 4) is 5.75 Å². The molecule has 0 amide bonds. The first-order valence-corrected chi connectivity index (χ1v) is 7.85. The van der Waals surface area contributed by atoms with Gasteiger partial charge in [-0.05, 0) is 43.3 Å². The quantitative estimate of drug-likeness (QED) is 0.368. The average Bonchev–Trinajstić information content (AvgIpc) is 2.63. The van der Waals surface area contributed by atoms with Crippen LogP contribution in [0.4, 0.5) is 5.69 Å². The molecule has 8 heteroatoms. The molecule has 2 heterocycles. The van der Waals surface area contributed by atoms with Gasteiger partial charge in [0.05, 0.1) is 23.0 Å². The molecule has 0 bridgehead atoms. The van der Waals surface area contributed by atoms with Crippen LogP contribution >= 0.6 is 0 Å². The number of anilines is 1. The summed E-state index contributed by atoms with van der Waals surface area (Å²) in [6.07, 6.45) is 2.79. The summed E-state index contributed by atoms with van der Waals surface area (Å²) in [4.78, 5) is 27.9. The summed E-state index contributed by atoms with van der Waals surface area (Å²) in [5.74, 6) is -1.10. The van der Waals surface area contributed by atoms with Crippen molar-refractivity contribution in [3.63, 3.8) is 0 Å². The summed E-state index contributed by atoms with van der Waals surface area (Å²) in [5, 5.41) is 22.7. The van der Waals surface area contributed by atoms with Crippen LogP contribution in [0, 0.1) is 0 Å². The number of nitrogens with one attached hydrogen (secondary N) is 1. The van der Waals surface area contributed by atoms with Gasteiger partial charge in [0.2, 0.25) is 5.43 Å². The van der Waals surface area contributed by atoms with Crippen LogP contribution in [-0.2, 0) is 6.54 Å². The number of aryl methyl sites for hydroxylation is 1. The number of aromatic nitrogens is 2. The highest BCUT2D eigenvalue weighted by Gasteiger charge is 2.14. The standard InChI is InChI=1S/C18H16N4O4/c1-2-22-10-15(18(25)26)16(24)14-8-5-12(20-17(14)22)9-19-21-11-3-6-13(23)7-4-11/h3-10,21,23H,2H2,1H3,(H,25,26). The third-order valence-corrected chi connectivity index (χ3v) is 3.77. The van der Waals surface area contributed by atoms with Gasteiger partial charge in [0, 0.05) is 12.7 Å². The molecule has 0 aliphatic heterocycles. The van der Waals surface area contributed by atoms with Crippen molar-refractivity contribution in [1.29, 1.82) is 0 Å². The molecule has 0 saturated carbocycles. The minimum Gasteiger partial charge on any atom is -0.508 e. The summed E-state index contributed by atoms with van der Waals surface area (Å²) in [6, 6.07) is 9.55. The Labute approximate surface area is 148 Å². The second kappa shape index (κ2) is 7.06. The van der Waals surface area contributed by atoms with Crippen LogP contribution in [0.15, 0.2) is 52.5 Å². The Morgan fingerprint density at radius 2 is 2.00 bits per heavy atom. The Kier molecular flexibility index (Phi) is 4.66. The highest BCUT2D eigenvalue weighted by atomic mass is 16.4. The van der Waals surface area contributed by atoms with Crippen molar-refractivity contribution in [2.75, 3.05) is 5.43 Å². The number of carbonyl (C=O) groups is 1. The van der Waals surface area contributed by atoms with Gasteiger partial charge in [0.1, 0.15) is 17.0 Å². The maximum absolute atomic E-state index is 12.3. The first-order valence-electron chi connectivity index (χ1n) is 7.85. The summed E-state index contributed by atoms with van der Waals surface area (Å²) in [7, 11) is 0. The van der Waals surface area contributed by atoms with Crippen molar-refractivity contribution >= 4 is 28.9 Å². The molecular formula is C18H16N4O4. The second-order valence-corrected chi connectivity index (χ2v) is 5.49. The van der Waals surface area contributed by atoms with Gasteiger partial charge >= 0.3 is 5.97 Å². The Morgan fingerprint density at radius 3 is 2.65 bits per heavy atom. The molecule has 3 rings (SSSR count). The number of rotatable bonds is 5. The van der Waals surface area contributed by atoms with Crippen LogP contribution in [0.2, 0.25) is 0 Å². The summed E-state index contributed by atoms with van der Waals surface area (Å²) >= 11 is 0. The number of fused-ring (bicyclic) bond motifs is 1. The number of aromatic carboxylic acids is 1. The third kappa shape index (κ3) is 3.39. The molecule has 132 valence electrons. The fourth-order valence-electron chi connectivity index (χ4n) is 2.45. The van der Waals surface area contributed by atoms with Gasteiger partial charge in [-0.15, -0.1) is 0 Å². The van der Waals surface area contributed by atoms with Gasteiger partial charge in [0.25, 0.3) is 0 Å². The van der Waals surface area contributed by atoms with Crippen molar-refractivity contribution < 1.29 is 15.0 Å². The van der Waals surface area contributed by atoms with Crippen molar-refractivity contribution in [2.45, 2.75) is 13.5 Å². The molecule has 2 aromatic heterocycles. The van der Waals surface area contributed by atoms with Crippen molar-refractivity contribution in [2.24, 2.45) is 5.10 Å². The van der Waals surface area contributed by atoms with Gasteiger partial charge < -0.3 is 14.8 Å². The second-order valence-electron chi connectivity index (χ2n) is 5.49. The molecule has 0 fully saturated rings. The van der Waals surface area contributed by atoms with E-state index < -0.39 is 11.4 Å². The zero-order valence-corrected chi connectivity index (χ0v) is 13.9. The molecule has 0 aliphatic carbocycles. The maximum atomic E-state index is 12.3. The Balaban J connectivity index is 1.94. The fourth-order valence-corrected chi connectivity index (χ4v) is 2.45. The van der Waals surface area contributed by atoms with Gasteiger partial charge in [-0.2, -0.15) is 5.10 Å². The molecule has 0 radical (unpaired) electrons. The number of pyridine rings is 2. The van der Waals surface area contributed by atoms with Gasteiger partial charge in [-0.1, -0.05) is 0 Å². The van der Waals surface area contributed by atoms with Crippen LogP contribution < -0.4 is 10.9 Å². The van der Waals surface area contributed by atoms with E-state index >= 15 is 0 Å². The normalized spacial score (nSPS) is 11.1. The summed E-state index contributed by atoms with van der Waals surface area (Å²) < 4.78 is 1.62. The molecule has 0 spiro atoms. The number of hydrogen-bond acceptors (Lipinski definition) is 6. The van der Waals surface area contributed by atoms with E-state index in [0.29, 0.717) is 23.6 Å². The summed E-state index contributed by atoms with van der Waals surface area (Å²) in [5.41, 5.74) is 3.56. The minimum absolute atomic E-state index is 0.161. The Morgan fingerprint density at radius 1 is 1.27 bits per heavy atom. The first kappa shape index (κ1) is 17.2. The summed E-state index contributed by atoms with van der Waals surface area (Å²) in [6.45, 7) is 2.31. The van der Waals surface area contributed by atoms with Crippen LogP contribution in [-0.4, -0.2) is 31.9 Å². The zero-order chi connectivity index (χ0) is 18.7. The van der Waals surface area contributed by atoms with Crippen LogP contribution in [0.25, 0.3) is 11.0 Å². The van der Waals surface area contributed by atoms with E-state index in [1.807, 2.05) is 6.92 Å². The number of benzene rings is 1. The molecular weight excluding hydrogens is 336 g/mol. The van der Waals surface area contributed by atoms with E-state index in [2.05, 4.69) is 15.5 Å². The Hall–Kier alpha value is -3.68. The SMILES string of the molecule is CCn1cc(C(=O)O)c(=O)c2ccc(C=NNc3ccc(O)cc3)nc21.